The number of ether oxygens (including phenoxy) is 2. The van der Waals surface area contributed by atoms with Gasteiger partial charge in [0.15, 0.2) is 0 Å². The fourth-order valence-electron chi connectivity index (χ4n) is 2.03. The van der Waals surface area contributed by atoms with Crippen LogP contribution in [0.4, 0.5) is 4.79 Å². The summed E-state index contributed by atoms with van der Waals surface area (Å²) in [6, 6.07) is 7.02. The molecule has 1 aliphatic rings. The van der Waals surface area contributed by atoms with Crippen LogP contribution < -0.4 is 4.74 Å². The first kappa shape index (κ1) is 15.1. The molecule has 2 heterocycles. The number of carbonyl (C=O) groups excluding carboxylic acids is 1. The lowest BCUT2D eigenvalue weighted by Gasteiger charge is -2.24. The minimum atomic E-state index is -0.501. The number of nitriles is 1. The first-order chi connectivity index (χ1) is 9.87. The maximum absolute atomic E-state index is 11.9. The van der Waals surface area contributed by atoms with Crippen molar-refractivity contribution in [2.75, 3.05) is 13.1 Å². The van der Waals surface area contributed by atoms with E-state index in [2.05, 4.69) is 4.98 Å². The molecule has 1 unspecified atom stereocenters. The lowest BCUT2D eigenvalue weighted by Crippen LogP contribution is -2.36. The molecule has 1 amide bonds. The Morgan fingerprint density at radius 2 is 2.24 bits per heavy atom. The average molecular weight is 289 g/mol. The summed E-state index contributed by atoms with van der Waals surface area (Å²) < 4.78 is 11.0. The van der Waals surface area contributed by atoms with Gasteiger partial charge in [0.1, 0.15) is 23.5 Å². The molecule has 1 saturated heterocycles. The first-order valence-electron chi connectivity index (χ1n) is 6.89. The lowest BCUT2D eigenvalue weighted by molar-refractivity contribution is 0.0275. The Morgan fingerprint density at radius 1 is 1.48 bits per heavy atom. The van der Waals surface area contributed by atoms with Gasteiger partial charge in [-0.1, -0.05) is 6.07 Å². The third-order valence-corrected chi connectivity index (χ3v) is 2.92. The Balaban J connectivity index is 1.91. The van der Waals surface area contributed by atoms with E-state index < -0.39 is 5.60 Å². The van der Waals surface area contributed by atoms with Gasteiger partial charge in [-0.25, -0.2) is 9.78 Å². The van der Waals surface area contributed by atoms with Crippen molar-refractivity contribution < 1.29 is 14.3 Å². The van der Waals surface area contributed by atoms with Gasteiger partial charge in [-0.3, -0.25) is 0 Å². The Bertz CT molecular complexity index is 560. The molecule has 1 aliphatic heterocycles. The van der Waals surface area contributed by atoms with Crippen molar-refractivity contribution in [1.29, 1.82) is 5.26 Å². The van der Waals surface area contributed by atoms with E-state index in [0.29, 0.717) is 24.7 Å². The molecule has 0 spiro atoms. The molecule has 2 rings (SSSR count). The van der Waals surface area contributed by atoms with E-state index in [1.807, 2.05) is 26.8 Å². The largest absolute Gasteiger partial charge is 0.472 e. The molecule has 1 atom stereocenters. The highest BCUT2D eigenvalue weighted by Gasteiger charge is 2.31. The number of pyridine rings is 1. The fourth-order valence-corrected chi connectivity index (χ4v) is 2.03. The standard InChI is InChI=1S/C15H19N3O3/c1-15(2,3)21-14(19)18-8-7-12(10-18)20-13-6-4-5-11(9-16)17-13/h4-6,12H,7-8,10H2,1-3H3. The minimum absolute atomic E-state index is 0.126. The van der Waals surface area contributed by atoms with Crippen molar-refractivity contribution in [3.05, 3.63) is 23.9 Å². The molecule has 0 bridgehead atoms. The third-order valence-electron chi connectivity index (χ3n) is 2.92. The number of aromatic nitrogens is 1. The Hall–Kier alpha value is -2.29. The molecular weight excluding hydrogens is 270 g/mol. The predicted molar refractivity (Wildman–Crippen MR) is 75.8 cm³/mol. The molecule has 6 heteroatoms. The molecule has 0 N–H and O–H groups in total. The van der Waals surface area contributed by atoms with Crippen LogP contribution in [-0.4, -0.2) is 40.8 Å². The van der Waals surface area contributed by atoms with Crippen LogP contribution in [0.2, 0.25) is 0 Å². The third kappa shape index (κ3) is 4.35. The summed E-state index contributed by atoms with van der Waals surface area (Å²) >= 11 is 0. The van der Waals surface area contributed by atoms with Crippen molar-refractivity contribution in [2.45, 2.75) is 38.9 Å². The molecule has 112 valence electrons. The van der Waals surface area contributed by atoms with E-state index >= 15 is 0 Å². The molecule has 1 fully saturated rings. The van der Waals surface area contributed by atoms with Crippen LogP contribution in [0.5, 0.6) is 5.88 Å². The quantitative estimate of drug-likeness (QED) is 0.835. The number of nitrogens with zero attached hydrogens (tertiary/aromatic N) is 3. The second-order valence-electron chi connectivity index (χ2n) is 5.93. The second kappa shape index (κ2) is 6.00. The van der Waals surface area contributed by atoms with Gasteiger partial charge in [0.05, 0.1) is 6.54 Å². The molecule has 0 radical (unpaired) electrons. The highest BCUT2D eigenvalue weighted by molar-refractivity contribution is 5.68. The van der Waals surface area contributed by atoms with E-state index in [-0.39, 0.29) is 12.2 Å². The highest BCUT2D eigenvalue weighted by Crippen LogP contribution is 2.19. The lowest BCUT2D eigenvalue weighted by atomic mass is 10.2. The van der Waals surface area contributed by atoms with E-state index in [9.17, 15) is 4.79 Å². The second-order valence-corrected chi connectivity index (χ2v) is 5.93. The molecule has 0 aliphatic carbocycles. The van der Waals surface area contributed by atoms with Crippen LogP contribution in [0.3, 0.4) is 0 Å². The van der Waals surface area contributed by atoms with Crippen molar-refractivity contribution >= 4 is 6.09 Å². The zero-order valence-corrected chi connectivity index (χ0v) is 12.5. The van der Waals surface area contributed by atoms with E-state index in [1.165, 1.54) is 0 Å². The van der Waals surface area contributed by atoms with Gasteiger partial charge in [0, 0.05) is 19.0 Å². The van der Waals surface area contributed by atoms with Crippen LogP contribution >= 0.6 is 0 Å². The van der Waals surface area contributed by atoms with Crippen molar-refractivity contribution in [1.82, 2.24) is 9.88 Å². The number of rotatable bonds is 2. The maximum atomic E-state index is 11.9. The molecule has 6 nitrogen and oxygen atoms in total. The first-order valence-corrected chi connectivity index (χ1v) is 6.89. The summed E-state index contributed by atoms with van der Waals surface area (Å²) in [5, 5.41) is 8.81. The summed E-state index contributed by atoms with van der Waals surface area (Å²) in [5.74, 6) is 0.407. The summed E-state index contributed by atoms with van der Waals surface area (Å²) in [5.41, 5.74) is -0.187. The topological polar surface area (TPSA) is 75.4 Å². The smallest absolute Gasteiger partial charge is 0.410 e. The maximum Gasteiger partial charge on any atom is 0.410 e. The fraction of sp³-hybridized carbons (Fsp3) is 0.533. The molecule has 0 saturated carbocycles. The number of hydrogen-bond donors (Lipinski definition) is 0. The van der Waals surface area contributed by atoms with Gasteiger partial charge in [-0.2, -0.15) is 5.26 Å². The van der Waals surface area contributed by atoms with E-state index in [4.69, 9.17) is 14.7 Å². The average Bonchev–Trinajstić information content (AvgIpc) is 2.85. The summed E-state index contributed by atoms with van der Waals surface area (Å²) in [6.45, 7) is 6.58. The molecule has 1 aromatic rings. The Kier molecular flexibility index (Phi) is 4.32. The van der Waals surface area contributed by atoms with Crippen LogP contribution in [-0.2, 0) is 4.74 Å². The van der Waals surface area contributed by atoms with Gasteiger partial charge in [0.25, 0.3) is 0 Å². The minimum Gasteiger partial charge on any atom is -0.472 e. The SMILES string of the molecule is CC(C)(C)OC(=O)N1CCC(Oc2cccc(C#N)n2)C1. The van der Waals surface area contributed by atoms with Gasteiger partial charge < -0.3 is 14.4 Å². The molecule has 21 heavy (non-hydrogen) atoms. The predicted octanol–water partition coefficient (Wildman–Crippen LogP) is 2.34. The number of likely N-dealkylation sites (tertiary alicyclic amines) is 1. The van der Waals surface area contributed by atoms with Gasteiger partial charge >= 0.3 is 6.09 Å². The van der Waals surface area contributed by atoms with E-state index in [0.717, 1.165) is 6.42 Å². The molecule has 1 aromatic heterocycles. The molecular formula is C15H19N3O3. The number of carbonyl (C=O) groups is 1. The van der Waals surface area contributed by atoms with Crippen molar-refractivity contribution in [3.63, 3.8) is 0 Å². The number of amides is 1. The van der Waals surface area contributed by atoms with Gasteiger partial charge in [-0.05, 0) is 26.8 Å². The van der Waals surface area contributed by atoms with Gasteiger partial charge in [-0.15, -0.1) is 0 Å². The zero-order valence-electron chi connectivity index (χ0n) is 12.5. The van der Waals surface area contributed by atoms with Crippen LogP contribution in [0.1, 0.15) is 32.9 Å². The van der Waals surface area contributed by atoms with Crippen LogP contribution in [0.15, 0.2) is 18.2 Å². The van der Waals surface area contributed by atoms with Crippen molar-refractivity contribution in [3.8, 4) is 11.9 Å². The normalized spacial score (nSPS) is 18.2. The zero-order chi connectivity index (χ0) is 15.5. The van der Waals surface area contributed by atoms with Gasteiger partial charge in [0.2, 0.25) is 5.88 Å². The monoisotopic (exact) mass is 289 g/mol. The number of hydrogen-bond acceptors (Lipinski definition) is 5. The summed E-state index contributed by atoms with van der Waals surface area (Å²) in [6.07, 6.45) is 0.267. The summed E-state index contributed by atoms with van der Waals surface area (Å²) in [7, 11) is 0. The van der Waals surface area contributed by atoms with Crippen LogP contribution in [0, 0.1) is 11.3 Å². The van der Waals surface area contributed by atoms with E-state index in [1.54, 1.807) is 23.1 Å². The van der Waals surface area contributed by atoms with Crippen LogP contribution in [0.25, 0.3) is 0 Å². The Morgan fingerprint density at radius 3 is 2.90 bits per heavy atom. The highest BCUT2D eigenvalue weighted by atomic mass is 16.6. The summed E-state index contributed by atoms with van der Waals surface area (Å²) in [4.78, 5) is 17.6. The Labute approximate surface area is 124 Å². The van der Waals surface area contributed by atoms with Crippen molar-refractivity contribution in [2.24, 2.45) is 0 Å². The molecule has 0 aromatic carbocycles.